The largest absolute Gasteiger partial charge is 0.497 e. The van der Waals surface area contributed by atoms with E-state index in [0.717, 1.165) is 22.4 Å². The van der Waals surface area contributed by atoms with Crippen LogP contribution in [0.25, 0.3) is 0 Å². The molecule has 3 rings (SSSR count). The van der Waals surface area contributed by atoms with Gasteiger partial charge in [-0.15, -0.1) is 0 Å². The van der Waals surface area contributed by atoms with Gasteiger partial charge in [-0.25, -0.2) is 8.42 Å². The second-order valence-electron chi connectivity index (χ2n) is 7.68. The van der Waals surface area contributed by atoms with Crippen molar-refractivity contribution in [1.82, 2.24) is 10.6 Å². The number of hydrogen-bond donors (Lipinski definition) is 3. The van der Waals surface area contributed by atoms with Crippen LogP contribution in [0, 0.1) is 13.8 Å². The number of anilines is 1. The van der Waals surface area contributed by atoms with E-state index in [4.69, 9.17) is 4.74 Å². The van der Waals surface area contributed by atoms with Gasteiger partial charge in [-0.05, 0) is 73.0 Å². The van der Waals surface area contributed by atoms with Crippen LogP contribution in [-0.4, -0.2) is 33.9 Å². The van der Waals surface area contributed by atoms with Crippen molar-refractivity contribution in [2.75, 3.05) is 18.4 Å². The molecule has 9 heteroatoms. The number of ether oxygens (including phenoxy) is 1. The lowest BCUT2D eigenvalue weighted by molar-refractivity contribution is -0.120. The molecule has 2 amide bonds. The smallest absolute Gasteiger partial charge is 0.261 e. The average Bonchev–Trinajstić information content (AvgIpc) is 2.84. The van der Waals surface area contributed by atoms with Crippen LogP contribution in [0.5, 0.6) is 5.75 Å². The van der Waals surface area contributed by atoms with Gasteiger partial charge in [0.1, 0.15) is 5.75 Å². The summed E-state index contributed by atoms with van der Waals surface area (Å²) in [6.45, 7) is 3.86. The van der Waals surface area contributed by atoms with Crippen LogP contribution in [-0.2, 0) is 21.4 Å². The summed E-state index contributed by atoms with van der Waals surface area (Å²) < 4.78 is 33.1. The highest BCUT2D eigenvalue weighted by molar-refractivity contribution is 7.92. The van der Waals surface area contributed by atoms with Crippen LogP contribution >= 0.6 is 0 Å². The lowest BCUT2D eigenvalue weighted by Gasteiger charge is -2.12. The minimum absolute atomic E-state index is 0.0298. The maximum atomic E-state index is 12.7. The molecule has 0 aliphatic carbocycles. The van der Waals surface area contributed by atoms with Crippen molar-refractivity contribution in [2.45, 2.75) is 25.3 Å². The number of aryl methyl sites for hydroxylation is 1. The number of carbonyl (C=O) groups excluding carboxylic acids is 2. The van der Waals surface area contributed by atoms with Crippen molar-refractivity contribution >= 4 is 27.5 Å². The molecule has 0 aliphatic rings. The Morgan fingerprint density at radius 1 is 0.882 bits per heavy atom. The number of hydrogen-bond acceptors (Lipinski definition) is 5. The van der Waals surface area contributed by atoms with Gasteiger partial charge >= 0.3 is 0 Å². The minimum Gasteiger partial charge on any atom is -0.497 e. The van der Waals surface area contributed by atoms with E-state index in [-0.39, 0.29) is 22.9 Å². The molecule has 0 aliphatic heterocycles. The van der Waals surface area contributed by atoms with Gasteiger partial charge in [-0.1, -0.05) is 24.3 Å². The van der Waals surface area contributed by atoms with Crippen molar-refractivity contribution in [2.24, 2.45) is 0 Å². The molecule has 0 bridgehead atoms. The highest BCUT2D eigenvalue weighted by Crippen LogP contribution is 2.22. The van der Waals surface area contributed by atoms with Crippen LogP contribution in [0.2, 0.25) is 0 Å². The van der Waals surface area contributed by atoms with Gasteiger partial charge in [-0.3, -0.25) is 14.3 Å². The maximum absolute atomic E-state index is 12.7. The summed E-state index contributed by atoms with van der Waals surface area (Å²) in [5.74, 6) is -0.102. The van der Waals surface area contributed by atoms with Crippen molar-refractivity contribution in [1.29, 1.82) is 0 Å². The van der Waals surface area contributed by atoms with Gasteiger partial charge in [0.2, 0.25) is 5.91 Å². The van der Waals surface area contributed by atoms with Gasteiger partial charge in [0.25, 0.3) is 15.9 Å². The van der Waals surface area contributed by atoms with E-state index >= 15 is 0 Å². The Balaban J connectivity index is 1.53. The number of benzene rings is 3. The molecule has 0 unspecified atom stereocenters. The molecule has 0 aromatic heterocycles. The zero-order valence-electron chi connectivity index (χ0n) is 19.2. The van der Waals surface area contributed by atoms with Crippen molar-refractivity contribution in [3.8, 4) is 5.75 Å². The predicted octanol–water partition coefficient (Wildman–Crippen LogP) is 3.16. The normalized spacial score (nSPS) is 10.9. The Kier molecular flexibility index (Phi) is 7.91. The third kappa shape index (κ3) is 6.35. The molecule has 0 atom stereocenters. The molecule has 3 aromatic carbocycles. The monoisotopic (exact) mass is 481 g/mol. The summed E-state index contributed by atoms with van der Waals surface area (Å²) in [5, 5.41) is 5.25. The lowest BCUT2D eigenvalue weighted by atomic mass is 10.1. The molecule has 0 saturated heterocycles. The van der Waals surface area contributed by atoms with Crippen molar-refractivity contribution < 1.29 is 22.7 Å². The van der Waals surface area contributed by atoms with Crippen LogP contribution in [0.1, 0.15) is 27.0 Å². The van der Waals surface area contributed by atoms with Gasteiger partial charge < -0.3 is 15.4 Å². The molecular formula is C25H27N3O5S. The third-order valence-electron chi connectivity index (χ3n) is 5.33. The SMILES string of the molecule is COc1ccc(CNC(=O)CNC(=O)c2ccc(S(=O)(=O)Nc3cccc(C)c3C)cc2)cc1. The van der Waals surface area contributed by atoms with E-state index < -0.39 is 15.9 Å². The molecule has 0 saturated carbocycles. The van der Waals surface area contributed by atoms with E-state index in [1.54, 1.807) is 31.4 Å². The zero-order valence-corrected chi connectivity index (χ0v) is 20.0. The van der Waals surface area contributed by atoms with E-state index in [1.165, 1.54) is 24.3 Å². The van der Waals surface area contributed by atoms with E-state index in [0.29, 0.717) is 12.2 Å². The molecule has 34 heavy (non-hydrogen) atoms. The summed E-state index contributed by atoms with van der Waals surface area (Å²) in [6.07, 6.45) is 0. The molecular weight excluding hydrogens is 454 g/mol. The van der Waals surface area contributed by atoms with E-state index in [2.05, 4.69) is 15.4 Å². The number of nitrogens with one attached hydrogen (secondary N) is 3. The second kappa shape index (κ2) is 10.8. The Morgan fingerprint density at radius 3 is 2.21 bits per heavy atom. The molecule has 8 nitrogen and oxygen atoms in total. The van der Waals surface area contributed by atoms with Crippen LogP contribution < -0.4 is 20.1 Å². The van der Waals surface area contributed by atoms with Gasteiger partial charge in [0, 0.05) is 12.1 Å². The minimum atomic E-state index is -3.81. The first kappa shape index (κ1) is 24.8. The molecule has 0 heterocycles. The van der Waals surface area contributed by atoms with Gasteiger partial charge in [0.15, 0.2) is 0 Å². The highest BCUT2D eigenvalue weighted by Gasteiger charge is 2.17. The fourth-order valence-electron chi connectivity index (χ4n) is 3.12. The molecule has 3 aromatic rings. The summed E-state index contributed by atoms with van der Waals surface area (Å²) in [5.41, 5.74) is 3.45. The number of rotatable bonds is 9. The topological polar surface area (TPSA) is 114 Å². The summed E-state index contributed by atoms with van der Waals surface area (Å²) >= 11 is 0. The summed E-state index contributed by atoms with van der Waals surface area (Å²) in [4.78, 5) is 24.4. The van der Waals surface area contributed by atoms with Crippen LogP contribution in [0.4, 0.5) is 5.69 Å². The molecule has 0 spiro atoms. The first-order chi connectivity index (χ1) is 16.2. The fourth-order valence-corrected chi connectivity index (χ4v) is 4.24. The molecule has 0 fully saturated rings. The molecule has 3 N–H and O–H groups in total. The Hall–Kier alpha value is -3.85. The van der Waals surface area contributed by atoms with E-state index in [9.17, 15) is 18.0 Å². The lowest BCUT2D eigenvalue weighted by Crippen LogP contribution is -2.36. The number of carbonyl (C=O) groups is 2. The Morgan fingerprint density at radius 2 is 1.56 bits per heavy atom. The van der Waals surface area contributed by atoms with Crippen molar-refractivity contribution in [3.05, 3.63) is 89.0 Å². The van der Waals surface area contributed by atoms with Crippen LogP contribution in [0.3, 0.4) is 0 Å². The highest BCUT2D eigenvalue weighted by atomic mass is 32.2. The van der Waals surface area contributed by atoms with Gasteiger partial charge in [0.05, 0.1) is 24.2 Å². The molecule has 178 valence electrons. The molecule has 0 radical (unpaired) electrons. The van der Waals surface area contributed by atoms with Gasteiger partial charge in [-0.2, -0.15) is 0 Å². The quantitative estimate of drug-likeness (QED) is 0.435. The summed E-state index contributed by atoms with van der Waals surface area (Å²) in [7, 11) is -2.23. The number of amides is 2. The predicted molar refractivity (Wildman–Crippen MR) is 130 cm³/mol. The summed E-state index contributed by atoms with van der Waals surface area (Å²) in [6, 6.07) is 18.2. The van der Waals surface area contributed by atoms with E-state index in [1.807, 2.05) is 32.0 Å². The standard InChI is InChI=1S/C25H27N3O5S/c1-17-5-4-6-23(18(17)2)28-34(31,32)22-13-9-20(10-14-22)25(30)27-16-24(29)26-15-19-7-11-21(33-3)12-8-19/h4-14,28H,15-16H2,1-3H3,(H,26,29)(H,27,30). The Bertz CT molecular complexity index is 1270. The fraction of sp³-hybridized carbons (Fsp3) is 0.200. The number of methoxy groups -OCH3 is 1. The first-order valence-corrected chi connectivity index (χ1v) is 12.0. The zero-order chi connectivity index (χ0) is 24.7. The third-order valence-corrected chi connectivity index (χ3v) is 6.72. The average molecular weight is 482 g/mol. The number of sulfonamides is 1. The van der Waals surface area contributed by atoms with Crippen molar-refractivity contribution in [3.63, 3.8) is 0 Å². The second-order valence-corrected chi connectivity index (χ2v) is 9.37. The first-order valence-electron chi connectivity index (χ1n) is 10.6. The van der Waals surface area contributed by atoms with Crippen LogP contribution in [0.15, 0.2) is 71.6 Å². The Labute approximate surface area is 199 Å². The maximum Gasteiger partial charge on any atom is 0.261 e.